The van der Waals surface area contributed by atoms with Gasteiger partial charge in [-0.15, -0.1) is 0 Å². The molecular weight excluding hydrogens is 629 g/mol. The van der Waals surface area contributed by atoms with Gasteiger partial charge in [0.05, 0.1) is 28.3 Å². The maximum Gasteiger partial charge on any atom is 0.264 e. The molecule has 0 radical (unpaired) electrons. The minimum absolute atomic E-state index is 0.0249. The molecule has 1 aliphatic heterocycles. The lowest BCUT2D eigenvalue weighted by atomic mass is 10.3. The fourth-order valence-corrected chi connectivity index (χ4v) is 7.33. The first-order valence-electron chi connectivity index (χ1n) is 11.4. The van der Waals surface area contributed by atoms with E-state index >= 15 is 0 Å². The first kappa shape index (κ1) is 27.4. The van der Waals surface area contributed by atoms with E-state index in [2.05, 4.69) is 27.9 Å². The van der Waals surface area contributed by atoms with E-state index < -0.39 is 32.5 Å². The molecule has 0 aromatic heterocycles. The molecule has 9 nitrogen and oxygen atoms in total. The molecule has 4 rings (SSSR count). The van der Waals surface area contributed by atoms with E-state index in [4.69, 9.17) is 4.74 Å². The van der Waals surface area contributed by atoms with Gasteiger partial charge < -0.3 is 10.1 Å². The summed E-state index contributed by atoms with van der Waals surface area (Å²) in [5, 5.41) is 2.65. The number of ether oxygens (including phenoxy) is 1. The van der Waals surface area contributed by atoms with E-state index in [1.54, 1.807) is 42.5 Å². The zero-order valence-corrected chi connectivity index (χ0v) is 23.8. The van der Waals surface area contributed by atoms with E-state index in [9.17, 15) is 21.6 Å². The molecule has 0 saturated carbocycles. The quantitative estimate of drug-likeness (QED) is 0.350. The maximum atomic E-state index is 13.5. The molecule has 1 N–H and O–H groups in total. The summed E-state index contributed by atoms with van der Waals surface area (Å²) < 4.78 is 61.7. The van der Waals surface area contributed by atoms with Crippen LogP contribution in [0.2, 0.25) is 0 Å². The van der Waals surface area contributed by atoms with Crippen LogP contribution >= 0.6 is 22.6 Å². The van der Waals surface area contributed by atoms with Crippen LogP contribution in [0.5, 0.6) is 5.75 Å². The third kappa shape index (κ3) is 6.08. The maximum absolute atomic E-state index is 13.5. The highest BCUT2D eigenvalue weighted by Crippen LogP contribution is 2.31. The Morgan fingerprint density at radius 2 is 1.59 bits per heavy atom. The molecule has 1 fully saturated rings. The molecule has 12 heteroatoms. The average molecular weight is 656 g/mol. The fourth-order valence-electron chi connectivity index (χ4n) is 3.99. The summed E-state index contributed by atoms with van der Waals surface area (Å²) >= 11 is 2.11. The minimum atomic E-state index is -4.08. The fraction of sp³-hybridized carbons (Fsp3) is 0.240. The zero-order valence-electron chi connectivity index (χ0n) is 20.0. The molecule has 0 spiro atoms. The van der Waals surface area contributed by atoms with E-state index in [1.165, 1.54) is 41.7 Å². The van der Waals surface area contributed by atoms with Gasteiger partial charge in [0, 0.05) is 16.7 Å². The Hall–Kier alpha value is -2.68. The largest absolute Gasteiger partial charge is 0.495 e. The molecule has 1 aliphatic rings. The zero-order chi connectivity index (χ0) is 26.6. The van der Waals surface area contributed by atoms with Crippen molar-refractivity contribution in [3.05, 3.63) is 76.4 Å². The van der Waals surface area contributed by atoms with Gasteiger partial charge >= 0.3 is 0 Å². The van der Waals surface area contributed by atoms with Gasteiger partial charge in [-0.05, 0) is 90.0 Å². The Bertz CT molecular complexity index is 1470. The number of nitrogens with one attached hydrogen (secondary N) is 1. The molecule has 1 saturated heterocycles. The van der Waals surface area contributed by atoms with E-state index in [1.807, 2.05) is 0 Å². The van der Waals surface area contributed by atoms with Crippen LogP contribution in [0, 0.1) is 3.57 Å². The van der Waals surface area contributed by atoms with Crippen LogP contribution < -0.4 is 14.4 Å². The van der Waals surface area contributed by atoms with Crippen LogP contribution in [0.3, 0.4) is 0 Å². The van der Waals surface area contributed by atoms with E-state index in [0.717, 1.165) is 20.7 Å². The second kappa shape index (κ2) is 11.4. The van der Waals surface area contributed by atoms with Crippen molar-refractivity contribution >= 4 is 59.9 Å². The second-order valence-corrected chi connectivity index (χ2v) is 13.4. The van der Waals surface area contributed by atoms with Gasteiger partial charge in [-0.25, -0.2) is 16.8 Å². The van der Waals surface area contributed by atoms with Crippen molar-refractivity contribution in [3.63, 3.8) is 0 Å². The number of hydrogen-bond acceptors (Lipinski definition) is 6. The van der Waals surface area contributed by atoms with Gasteiger partial charge in [0.15, 0.2) is 0 Å². The lowest BCUT2D eigenvalue weighted by Gasteiger charge is -2.24. The predicted molar refractivity (Wildman–Crippen MR) is 150 cm³/mol. The first-order chi connectivity index (χ1) is 17.6. The Morgan fingerprint density at radius 1 is 0.946 bits per heavy atom. The molecule has 0 unspecified atom stereocenters. The summed E-state index contributed by atoms with van der Waals surface area (Å²) in [7, 11) is -6.41. The van der Waals surface area contributed by atoms with Crippen molar-refractivity contribution in [1.82, 2.24) is 4.31 Å². The summed E-state index contributed by atoms with van der Waals surface area (Å²) in [6, 6.07) is 18.8. The number of nitrogens with zero attached hydrogens (tertiary/aromatic N) is 2. The number of carbonyl (C=O) groups is 1. The topological polar surface area (TPSA) is 113 Å². The summed E-state index contributed by atoms with van der Waals surface area (Å²) in [5.74, 6) is -0.410. The third-order valence-electron chi connectivity index (χ3n) is 5.88. The van der Waals surface area contributed by atoms with Crippen LogP contribution in [0.15, 0.2) is 82.6 Å². The van der Waals surface area contributed by atoms with Gasteiger partial charge in [0.2, 0.25) is 15.9 Å². The van der Waals surface area contributed by atoms with Gasteiger partial charge in [-0.1, -0.05) is 18.2 Å². The number of carbonyl (C=O) groups excluding carboxylic acids is 1. The molecule has 0 bridgehead atoms. The van der Waals surface area contributed by atoms with E-state index in [0.29, 0.717) is 18.8 Å². The third-order valence-corrected chi connectivity index (χ3v) is 10.3. The molecule has 3 aromatic carbocycles. The number of hydrogen-bond donors (Lipinski definition) is 1. The molecule has 0 atom stereocenters. The highest BCUT2D eigenvalue weighted by Gasteiger charge is 2.30. The Morgan fingerprint density at radius 3 is 2.22 bits per heavy atom. The number of benzene rings is 3. The van der Waals surface area contributed by atoms with Gasteiger partial charge in [0.1, 0.15) is 12.3 Å². The van der Waals surface area contributed by atoms with Crippen LogP contribution in [0.1, 0.15) is 12.8 Å². The number of anilines is 2. The summed E-state index contributed by atoms with van der Waals surface area (Å²) in [6.07, 6.45) is 1.59. The van der Waals surface area contributed by atoms with Crippen LogP contribution in [0.4, 0.5) is 11.4 Å². The number of amides is 1. The minimum Gasteiger partial charge on any atom is -0.495 e. The molecule has 37 heavy (non-hydrogen) atoms. The molecule has 0 aliphatic carbocycles. The number of sulfonamides is 2. The smallest absolute Gasteiger partial charge is 0.264 e. The Labute approximate surface area is 230 Å². The lowest BCUT2D eigenvalue weighted by molar-refractivity contribution is -0.114. The number of halogens is 1. The van der Waals surface area contributed by atoms with Crippen molar-refractivity contribution in [2.75, 3.05) is 36.4 Å². The predicted octanol–water partition coefficient (Wildman–Crippen LogP) is 3.92. The van der Waals surface area contributed by atoms with Crippen molar-refractivity contribution in [2.45, 2.75) is 22.6 Å². The van der Waals surface area contributed by atoms with Crippen molar-refractivity contribution in [1.29, 1.82) is 0 Å². The second-order valence-electron chi connectivity index (χ2n) is 8.32. The molecule has 196 valence electrons. The van der Waals surface area contributed by atoms with E-state index in [-0.39, 0.29) is 21.2 Å². The Balaban J connectivity index is 1.65. The van der Waals surface area contributed by atoms with Crippen molar-refractivity contribution in [2.24, 2.45) is 0 Å². The van der Waals surface area contributed by atoms with Crippen molar-refractivity contribution < 1.29 is 26.4 Å². The standard InChI is InChI=1S/C25H26IN3O6S2/c1-35-24-14-13-22(36(31,32)28-15-5-6-16-28)17-23(24)27-25(30)18-29(20-11-9-19(26)10-12-20)37(33,34)21-7-3-2-4-8-21/h2-4,7-14,17H,5-6,15-16,18H2,1H3,(H,27,30). The summed E-state index contributed by atoms with van der Waals surface area (Å²) in [4.78, 5) is 13.3. The van der Waals surface area contributed by atoms with Crippen LogP contribution in [-0.4, -0.2) is 53.8 Å². The Kier molecular flexibility index (Phi) is 8.41. The van der Waals surface area contributed by atoms with Gasteiger partial charge in [-0.3, -0.25) is 9.10 Å². The highest BCUT2D eigenvalue weighted by atomic mass is 127. The monoisotopic (exact) mass is 655 g/mol. The lowest BCUT2D eigenvalue weighted by Crippen LogP contribution is -2.38. The summed E-state index contributed by atoms with van der Waals surface area (Å²) in [6.45, 7) is 0.348. The van der Waals surface area contributed by atoms with Crippen LogP contribution in [-0.2, 0) is 24.8 Å². The molecule has 1 heterocycles. The SMILES string of the molecule is COc1ccc(S(=O)(=O)N2CCCC2)cc1NC(=O)CN(c1ccc(I)cc1)S(=O)(=O)c1ccccc1. The molecule has 1 amide bonds. The first-order valence-corrected chi connectivity index (χ1v) is 15.4. The molecular formula is C25H26IN3O6S2. The average Bonchev–Trinajstić information content (AvgIpc) is 3.44. The number of rotatable bonds is 9. The summed E-state index contributed by atoms with van der Waals surface area (Å²) in [5.41, 5.74) is 0.448. The van der Waals surface area contributed by atoms with Gasteiger partial charge in [0.25, 0.3) is 10.0 Å². The van der Waals surface area contributed by atoms with Crippen molar-refractivity contribution in [3.8, 4) is 5.75 Å². The normalized spacial score (nSPS) is 14.3. The molecule has 3 aromatic rings. The number of methoxy groups -OCH3 is 1. The van der Waals surface area contributed by atoms with Gasteiger partial charge in [-0.2, -0.15) is 4.31 Å². The van der Waals surface area contributed by atoms with Crippen LogP contribution in [0.25, 0.3) is 0 Å². The highest BCUT2D eigenvalue weighted by molar-refractivity contribution is 14.1.